The SMILES string of the molecule is Cc1nc2cc3c(cc2o1)CCCCC3. The van der Waals surface area contributed by atoms with Crippen LogP contribution in [0, 0.1) is 6.92 Å². The Morgan fingerprint density at radius 3 is 2.60 bits per heavy atom. The fourth-order valence-corrected chi connectivity index (χ4v) is 2.45. The van der Waals surface area contributed by atoms with E-state index in [-0.39, 0.29) is 0 Å². The van der Waals surface area contributed by atoms with Crippen LogP contribution < -0.4 is 0 Å². The van der Waals surface area contributed by atoms with Crippen LogP contribution >= 0.6 is 0 Å². The Balaban J connectivity index is 2.19. The first-order chi connectivity index (χ1) is 7.33. The average Bonchev–Trinajstić information content (AvgIpc) is 2.44. The summed E-state index contributed by atoms with van der Waals surface area (Å²) in [5.41, 5.74) is 4.92. The Bertz CT molecular complexity index is 455. The molecule has 0 atom stereocenters. The Hall–Kier alpha value is -1.31. The van der Waals surface area contributed by atoms with E-state index >= 15 is 0 Å². The predicted molar refractivity (Wildman–Crippen MR) is 60.0 cm³/mol. The van der Waals surface area contributed by atoms with Crippen molar-refractivity contribution in [3.8, 4) is 0 Å². The second kappa shape index (κ2) is 3.37. The fourth-order valence-electron chi connectivity index (χ4n) is 2.45. The number of hydrogen-bond donors (Lipinski definition) is 0. The van der Waals surface area contributed by atoms with E-state index in [0.717, 1.165) is 17.0 Å². The van der Waals surface area contributed by atoms with Crippen molar-refractivity contribution < 1.29 is 4.42 Å². The number of aryl methyl sites for hydroxylation is 3. The molecule has 2 nitrogen and oxygen atoms in total. The fraction of sp³-hybridized carbons (Fsp3) is 0.462. The highest BCUT2D eigenvalue weighted by Gasteiger charge is 2.11. The summed E-state index contributed by atoms with van der Waals surface area (Å²) in [6.45, 7) is 1.91. The number of oxazole rings is 1. The number of aromatic nitrogens is 1. The summed E-state index contributed by atoms with van der Waals surface area (Å²) in [6.07, 6.45) is 6.38. The van der Waals surface area contributed by atoms with Gasteiger partial charge in [-0.2, -0.15) is 0 Å². The van der Waals surface area contributed by atoms with Gasteiger partial charge < -0.3 is 4.42 Å². The third-order valence-electron chi connectivity index (χ3n) is 3.21. The Labute approximate surface area is 89.3 Å². The third-order valence-corrected chi connectivity index (χ3v) is 3.21. The lowest BCUT2D eigenvalue weighted by Gasteiger charge is -2.03. The predicted octanol–water partition coefficient (Wildman–Crippen LogP) is 3.41. The van der Waals surface area contributed by atoms with Gasteiger partial charge in [-0.25, -0.2) is 4.98 Å². The van der Waals surface area contributed by atoms with Crippen LogP contribution in [0.5, 0.6) is 0 Å². The molecule has 0 N–H and O–H groups in total. The van der Waals surface area contributed by atoms with Gasteiger partial charge in [-0.1, -0.05) is 6.42 Å². The summed E-state index contributed by atoms with van der Waals surface area (Å²) in [4.78, 5) is 4.39. The highest BCUT2D eigenvalue weighted by atomic mass is 16.3. The molecule has 0 aliphatic heterocycles. The monoisotopic (exact) mass is 201 g/mol. The standard InChI is InChI=1S/C13H15NO/c1-9-14-12-7-10-5-3-2-4-6-11(10)8-13(12)15-9/h7-8H,2-6H2,1H3. The number of nitrogens with zero attached hydrogens (tertiary/aromatic N) is 1. The third kappa shape index (κ3) is 1.54. The van der Waals surface area contributed by atoms with Crippen molar-refractivity contribution in [3.05, 3.63) is 29.2 Å². The lowest BCUT2D eigenvalue weighted by Crippen LogP contribution is -1.90. The van der Waals surface area contributed by atoms with Crippen molar-refractivity contribution in [2.24, 2.45) is 0 Å². The van der Waals surface area contributed by atoms with Gasteiger partial charge in [0.25, 0.3) is 0 Å². The molecule has 1 aliphatic rings. The Morgan fingerprint density at radius 1 is 1.07 bits per heavy atom. The van der Waals surface area contributed by atoms with E-state index in [9.17, 15) is 0 Å². The van der Waals surface area contributed by atoms with Crippen molar-refractivity contribution in [2.75, 3.05) is 0 Å². The van der Waals surface area contributed by atoms with Gasteiger partial charge >= 0.3 is 0 Å². The van der Waals surface area contributed by atoms with Crippen molar-refractivity contribution in [1.82, 2.24) is 4.98 Å². The highest BCUT2D eigenvalue weighted by Crippen LogP contribution is 2.26. The molecule has 0 amide bonds. The minimum absolute atomic E-state index is 0.769. The summed E-state index contributed by atoms with van der Waals surface area (Å²) >= 11 is 0. The lowest BCUT2D eigenvalue weighted by atomic mass is 10.0. The van der Waals surface area contributed by atoms with Gasteiger partial charge in [-0.05, 0) is 48.9 Å². The molecule has 0 radical (unpaired) electrons. The van der Waals surface area contributed by atoms with Crippen molar-refractivity contribution >= 4 is 11.1 Å². The smallest absolute Gasteiger partial charge is 0.192 e. The maximum absolute atomic E-state index is 5.56. The van der Waals surface area contributed by atoms with Gasteiger partial charge in [0, 0.05) is 6.92 Å². The molecule has 0 saturated heterocycles. The zero-order valence-corrected chi connectivity index (χ0v) is 9.05. The zero-order chi connectivity index (χ0) is 10.3. The molecule has 1 aromatic heterocycles. The second-order valence-corrected chi connectivity index (χ2v) is 4.38. The molecule has 3 rings (SSSR count). The number of rotatable bonds is 0. The summed E-state index contributed by atoms with van der Waals surface area (Å²) in [6, 6.07) is 4.41. The minimum Gasteiger partial charge on any atom is -0.441 e. The van der Waals surface area contributed by atoms with Crippen LogP contribution in [0.3, 0.4) is 0 Å². The van der Waals surface area contributed by atoms with Gasteiger partial charge in [-0.3, -0.25) is 0 Å². The van der Waals surface area contributed by atoms with Crippen molar-refractivity contribution in [1.29, 1.82) is 0 Å². The first-order valence-electron chi connectivity index (χ1n) is 5.72. The maximum atomic E-state index is 5.56. The van der Waals surface area contributed by atoms with E-state index in [4.69, 9.17) is 4.42 Å². The van der Waals surface area contributed by atoms with Gasteiger partial charge in [0.05, 0.1) is 0 Å². The first-order valence-corrected chi connectivity index (χ1v) is 5.72. The van der Waals surface area contributed by atoms with E-state index in [1.807, 2.05) is 6.92 Å². The van der Waals surface area contributed by atoms with E-state index in [0.29, 0.717) is 0 Å². The summed E-state index contributed by atoms with van der Waals surface area (Å²) < 4.78 is 5.56. The molecule has 1 aromatic carbocycles. The van der Waals surface area contributed by atoms with Crippen LogP contribution in [0.1, 0.15) is 36.3 Å². The molecule has 2 heteroatoms. The van der Waals surface area contributed by atoms with E-state index in [1.54, 1.807) is 0 Å². The molecule has 0 spiro atoms. The largest absolute Gasteiger partial charge is 0.441 e. The Kier molecular flexibility index (Phi) is 2.01. The van der Waals surface area contributed by atoms with Crippen LogP contribution in [0.25, 0.3) is 11.1 Å². The molecule has 0 unspecified atom stereocenters. The molecular formula is C13H15NO. The molecule has 15 heavy (non-hydrogen) atoms. The number of fused-ring (bicyclic) bond motifs is 2. The molecule has 1 aliphatic carbocycles. The maximum Gasteiger partial charge on any atom is 0.192 e. The summed E-state index contributed by atoms with van der Waals surface area (Å²) in [5, 5.41) is 0. The Morgan fingerprint density at radius 2 is 1.80 bits per heavy atom. The van der Waals surface area contributed by atoms with E-state index in [1.165, 1.54) is 43.2 Å². The van der Waals surface area contributed by atoms with Gasteiger partial charge in [0.15, 0.2) is 11.5 Å². The highest BCUT2D eigenvalue weighted by molar-refractivity contribution is 5.75. The number of hydrogen-bond acceptors (Lipinski definition) is 2. The quantitative estimate of drug-likeness (QED) is 0.610. The zero-order valence-electron chi connectivity index (χ0n) is 9.05. The van der Waals surface area contributed by atoms with E-state index < -0.39 is 0 Å². The van der Waals surface area contributed by atoms with Crippen LogP contribution in [0.15, 0.2) is 16.5 Å². The molecular weight excluding hydrogens is 186 g/mol. The van der Waals surface area contributed by atoms with Crippen LogP contribution in [0.2, 0.25) is 0 Å². The first kappa shape index (κ1) is 8.96. The van der Waals surface area contributed by atoms with Gasteiger partial charge in [0.2, 0.25) is 0 Å². The van der Waals surface area contributed by atoms with Crippen molar-refractivity contribution in [3.63, 3.8) is 0 Å². The van der Waals surface area contributed by atoms with Crippen LogP contribution in [-0.4, -0.2) is 4.98 Å². The number of benzene rings is 1. The van der Waals surface area contributed by atoms with Gasteiger partial charge in [-0.15, -0.1) is 0 Å². The molecule has 78 valence electrons. The van der Waals surface area contributed by atoms with Crippen molar-refractivity contribution in [2.45, 2.75) is 39.0 Å². The molecule has 0 fully saturated rings. The van der Waals surface area contributed by atoms with Crippen LogP contribution in [-0.2, 0) is 12.8 Å². The average molecular weight is 201 g/mol. The normalized spacial score (nSPS) is 16.3. The molecule has 2 aromatic rings. The van der Waals surface area contributed by atoms with Crippen LogP contribution in [0.4, 0.5) is 0 Å². The molecule has 0 bridgehead atoms. The summed E-state index contributed by atoms with van der Waals surface area (Å²) in [7, 11) is 0. The molecule has 1 heterocycles. The second-order valence-electron chi connectivity index (χ2n) is 4.38. The summed E-state index contributed by atoms with van der Waals surface area (Å²) in [5.74, 6) is 0.769. The topological polar surface area (TPSA) is 26.0 Å². The van der Waals surface area contributed by atoms with E-state index in [2.05, 4.69) is 17.1 Å². The molecule has 0 saturated carbocycles. The minimum atomic E-state index is 0.769. The van der Waals surface area contributed by atoms with Gasteiger partial charge in [0.1, 0.15) is 5.52 Å². The lowest BCUT2D eigenvalue weighted by molar-refractivity contribution is 0.560.